The fraction of sp³-hybridized carbons (Fsp3) is 0.429. The van der Waals surface area contributed by atoms with Gasteiger partial charge in [-0.15, -0.1) is 0 Å². The highest BCUT2D eigenvalue weighted by atomic mass is 32.2. The molecule has 0 aliphatic carbocycles. The Morgan fingerprint density at radius 1 is 1.28 bits per heavy atom. The summed E-state index contributed by atoms with van der Waals surface area (Å²) in [5.74, 6) is 1.53. The third-order valence-electron chi connectivity index (χ3n) is 2.63. The van der Waals surface area contributed by atoms with Gasteiger partial charge in [-0.3, -0.25) is 9.59 Å². The number of amides is 1. The number of nitrogens with one attached hydrogen (secondary N) is 1. The Morgan fingerprint density at radius 3 is 2.39 bits per heavy atom. The molecule has 0 aromatic heterocycles. The van der Waals surface area contributed by atoms with E-state index < -0.39 is 0 Å². The highest BCUT2D eigenvalue weighted by Gasteiger charge is 2.09. The van der Waals surface area contributed by atoms with Gasteiger partial charge in [0.1, 0.15) is 0 Å². The third kappa shape index (κ3) is 4.53. The summed E-state index contributed by atoms with van der Waals surface area (Å²) in [6.07, 6.45) is 0. The molecule has 0 saturated carbocycles. The number of rotatable bonds is 6. The Kier molecular flexibility index (Phi) is 5.92. The van der Waals surface area contributed by atoms with Gasteiger partial charge in [-0.05, 0) is 25.2 Å². The van der Waals surface area contributed by atoms with Crippen LogP contribution in [0.15, 0.2) is 24.3 Å². The van der Waals surface area contributed by atoms with Crippen LogP contribution in [-0.2, 0) is 4.79 Å². The van der Waals surface area contributed by atoms with Crippen LogP contribution < -0.4 is 5.32 Å². The highest BCUT2D eigenvalue weighted by Crippen LogP contribution is 2.14. The van der Waals surface area contributed by atoms with Crippen molar-refractivity contribution in [2.45, 2.75) is 26.8 Å². The molecule has 0 aliphatic rings. The normalized spacial score (nSPS) is 11.9. The summed E-state index contributed by atoms with van der Waals surface area (Å²) in [7, 11) is 0. The van der Waals surface area contributed by atoms with Crippen molar-refractivity contribution in [1.82, 2.24) is 5.32 Å². The predicted molar refractivity (Wildman–Crippen MR) is 76.0 cm³/mol. The van der Waals surface area contributed by atoms with Crippen LogP contribution in [0, 0.1) is 0 Å². The van der Waals surface area contributed by atoms with Gasteiger partial charge in [0.15, 0.2) is 5.78 Å². The number of Topliss-reactive ketones (excluding diaryl/α,β-unsaturated/α-hetero) is 1. The van der Waals surface area contributed by atoms with Crippen molar-refractivity contribution >= 4 is 23.5 Å². The van der Waals surface area contributed by atoms with E-state index in [4.69, 9.17) is 0 Å². The zero-order valence-electron chi connectivity index (χ0n) is 11.0. The van der Waals surface area contributed by atoms with Gasteiger partial charge in [0.05, 0.1) is 11.8 Å². The molecule has 0 spiro atoms. The molecule has 0 fully saturated rings. The number of benzene rings is 1. The van der Waals surface area contributed by atoms with E-state index in [1.54, 1.807) is 30.8 Å². The molecule has 0 unspecified atom stereocenters. The lowest BCUT2D eigenvalue weighted by molar-refractivity contribution is -0.119. The Morgan fingerprint density at radius 2 is 1.89 bits per heavy atom. The Labute approximate surface area is 112 Å². The summed E-state index contributed by atoms with van der Waals surface area (Å²) in [4.78, 5) is 22.7. The maximum Gasteiger partial charge on any atom is 0.230 e. The quantitative estimate of drug-likeness (QED) is 0.804. The molecule has 0 radical (unpaired) electrons. The van der Waals surface area contributed by atoms with Gasteiger partial charge in [-0.2, -0.15) is 11.8 Å². The molecular weight excluding hydrogens is 246 g/mol. The summed E-state index contributed by atoms with van der Waals surface area (Å²) in [6.45, 7) is 5.52. The molecule has 1 N–H and O–H groups in total. The van der Waals surface area contributed by atoms with Gasteiger partial charge < -0.3 is 5.32 Å². The molecule has 98 valence electrons. The number of hydrogen-bond donors (Lipinski definition) is 1. The number of ketones is 1. The zero-order chi connectivity index (χ0) is 13.5. The fourth-order valence-electron chi connectivity index (χ4n) is 1.57. The summed E-state index contributed by atoms with van der Waals surface area (Å²) < 4.78 is 0. The zero-order valence-corrected chi connectivity index (χ0v) is 11.8. The average Bonchev–Trinajstić information content (AvgIpc) is 2.36. The lowest BCUT2D eigenvalue weighted by atomic mass is 10.0. The predicted octanol–water partition coefficient (Wildman–Crippen LogP) is 2.82. The van der Waals surface area contributed by atoms with Crippen LogP contribution in [-0.4, -0.2) is 23.2 Å². The van der Waals surface area contributed by atoms with Crippen molar-refractivity contribution in [2.24, 2.45) is 0 Å². The molecular formula is C14H19NO2S. The fourth-order valence-corrected chi connectivity index (χ4v) is 2.04. The minimum atomic E-state index is -0.0315. The first-order valence-electron chi connectivity index (χ1n) is 6.02. The molecule has 0 bridgehead atoms. The van der Waals surface area contributed by atoms with Crippen LogP contribution in [0.5, 0.6) is 0 Å². The molecule has 1 rings (SSSR count). The van der Waals surface area contributed by atoms with Crippen molar-refractivity contribution in [3.63, 3.8) is 0 Å². The van der Waals surface area contributed by atoms with Gasteiger partial charge in [-0.25, -0.2) is 0 Å². The smallest absolute Gasteiger partial charge is 0.230 e. The molecule has 18 heavy (non-hydrogen) atoms. The second-order valence-electron chi connectivity index (χ2n) is 4.10. The largest absolute Gasteiger partial charge is 0.349 e. The molecule has 4 heteroatoms. The van der Waals surface area contributed by atoms with E-state index in [1.165, 1.54) is 0 Å². The maximum atomic E-state index is 11.6. The van der Waals surface area contributed by atoms with Crippen LogP contribution in [0.3, 0.4) is 0 Å². The first kappa shape index (κ1) is 14.8. The van der Waals surface area contributed by atoms with Crippen LogP contribution in [0.25, 0.3) is 0 Å². The van der Waals surface area contributed by atoms with Crippen molar-refractivity contribution in [3.05, 3.63) is 35.4 Å². The summed E-state index contributed by atoms with van der Waals surface area (Å²) in [6, 6.07) is 7.32. The first-order valence-corrected chi connectivity index (χ1v) is 7.18. The van der Waals surface area contributed by atoms with E-state index in [0.29, 0.717) is 11.3 Å². The van der Waals surface area contributed by atoms with Gasteiger partial charge in [0.25, 0.3) is 0 Å². The standard InChI is InChI=1S/C14H19NO2S/c1-4-18-9-14(17)15-10(2)12-5-7-13(8-6-12)11(3)16/h5-8,10H,4,9H2,1-3H3,(H,15,17)/t10-/m0/s1. The van der Waals surface area contributed by atoms with Gasteiger partial charge >= 0.3 is 0 Å². The molecule has 1 atom stereocenters. The molecule has 0 aliphatic heterocycles. The van der Waals surface area contributed by atoms with Crippen molar-refractivity contribution in [1.29, 1.82) is 0 Å². The maximum absolute atomic E-state index is 11.6. The average molecular weight is 265 g/mol. The Bertz CT molecular complexity index is 414. The van der Waals surface area contributed by atoms with Crippen LogP contribution in [0.2, 0.25) is 0 Å². The van der Waals surface area contributed by atoms with Crippen molar-refractivity contribution in [3.8, 4) is 0 Å². The molecule has 3 nitrogen and oxygen atoms in total. The lowest BCUT2D eigenvalue weighted by Crippen LogP contribution is -2.28. The second kappa shape index (κ2) is 7.21. The summed E-state index contributed by atoms with van der Waals surface area (Å²) >= 11 is 1.60. The van der Waals surface area contributed by atoms with Crippen LogP contribution >= 0.6 is 11.8 Å². The number of carbonyl (C=O) groups excluding carboxylic acids is 2. The monoisotopic (exact) mass is 265 g/mol. The highest BCUT2D eigenvalue weighted by molar-refractivity contribution is 7.99. The van der Waals surface area contributed by atoms with Gasteiger partial charge in [0.2, 0.25) is 5.91 Å². The SMILES string of the molecule is CCSCC(=O)N[C@@H](C)c1ccc(C(C)=O)cc1. The summed E-state index contributed by atoms with van der Waals surface area (Å²) in [5.41, 5.74) is 1.70. The number of hydrogen-bond acceptors (Lipinski definition) is 3. The Balaban J connectivity index is 2.58. The third-order valence-corrected chi connectivity index (χ3v) is 3.51. The topological polar surface area (TPSA) is 46.2 Å². The number of carbonyl (C=O) groups is 2. The van der Waals surface area contributed by atoms with Gasteiger partial charge in [-0.1, -0.05) is 31.2 Å². The van der Waals surface area contributed by atoms with Crippen LogP contribution in [0.1, 0.15) is 42.7 Å². The minimum absolute atomic E-state index is 0.0315. The van der Waals surface area contributed by atoms with E-state index >= 15 is 0 Å². The molecule has 1 aromatic carbocycles. The van der Waals surface area contributed by atoms with E-state index in [1.807, 2.05) is 26.0 Å². The minimum Gasteiger partial charge on any atom is -0.349 e. The van der Waals surface area contributed by atoms with E-state index in [2.05, 4.69) is 5.32 Å². The van der Waals surface area contributed by atoms with Crippen molar-refractivity contribution in [2.75, 3.05) is 11.5 Å². The summed E-state index contributed by atoms with van der Waals surface area (Å²) in [5, 5.41) is 2.93. The van der Waals surface area contributed by atoms with E-state index in [9.17, 15) is 9.59 Å². The van der Waals surface area contributed by atoms with E-state index in [0.717, 1.165) is 11.3 Å². The Hall–Kier alpha value is -1.29. The molecule has 1 aromatic rings. The number of thioether (sulfide) groups is 1. The van der Waals surface area contributed by atoms with Crippen LogP contribution in [0.4, 0.5) is 0 Å². The molecule has 1 amide bonds. The molecule has 0 saturated heterocycles. The lowest BCUT2D eigenvalue weighted by Gasteiger charge is -2.14. The second-order valence-corrected chi connectivity index (χ2v) is 5.38. The van der Waals surface area contributed by atoms with Crippen molar-refractivity contribution < 1.29 is 9.59 Å². The van der Waals surface area contributed by atoms with E-state index in [-0.39, 0.29) is 17.7 Å². The first-order chi connectivity index (χ1) is 8.54. The molecule has 0 heterocycles. The van der Waals surface area contributed by atoms with Gasteiger partial charge in [0, 0.05) is 5.56 Å².